The molecule has 5 heteroatoms. The van der Waals surface area contributed by atoms with Crippen molar-refractivity contribution in [2.24, 2.45) is 0 Å². The van der Waals surface area contributed by atoms with E-state index in [9.17, 15) is 4.79 Å². The number of benzene rings is 2. The largest absolute Gasteiger partial charge is 0.497 e. The summed E-state index contributed by atoms with van der Waals surface area (Å²) in [6.45, 7) is 0.502. The Morgan fingerprint density at radius 1 is 1.20 bits per heavy atom. The number of methoxy groups -OCH3 is 1. The first-order valence-electron chi connectivity index (χ1n) is 6.18. The molecule has 1 aromatic heterocycles. The third-order valence-electron chi connectivity index (χ3n) is 3.24. The topological polar surface area (TPSA) is 47.0 Å². The molecule has 0 aliphatic rings. The van der Waals surface area contributed by atoms with E-state index in [1.54, 1.807) is 11.7 Å². The van der Waals surface area contributed by atoms with E-state index in [1.807, 2.05) is 42.5 Å². The SMILES string of the molecule is COc1ccc2c(c1)[nH]c(=O)n2Cc1ccc(Cl)cc1. The third-order valence-corrected chi connectivity index (χ3v) is 3.49. The molecule has 0 radical (unpaired) electrons. The lowest BCUT2D eigenvalue weighted by Crippen LogP contribution is -2.17. The highest BCUT2D eigenvalue weighted by Gasteiger charge is 2.08. The van der Waals surface area contributed by atoms with Gasteiger partial charge in [-0.25, -0.2) is 4.79 Å². The molecule has 0 saturated carbocycles. The number of imidazole rings is 1. The molecule has 4 nitrogen and oxygen atoms in total. The van der Waals surface area contributed by atoms with Crippen LogP contribution in [-0.2, 0) is 6.54 Å². The Balaban J connectivity index is 2.05. The number of hydrogen-bond acceptors (Lipinski definition) is 2. The van der Waals surface area contributed by atoms with Crippen LogP contribution in [0.15, 0.2) is 47.3 Å². The zero-order valence-corrected chi connectivity index (χ0v) is 11.6. The summed E-state index contributed by atoms with van der Waals surface area (Å²) in [5, 5.41) is 0.685. The van der Waals surface area contributed by atoms with Gasteiger partial charge >= 0.3 is 5.69 Å². The number of fused-ring (bicyclic) bond motifs is 1. The van der Waals surface area contributed by atoms with Gasteiger partial charge in [0.1, 0.15) is 5.75 Å². The molecule has 1 heterocycles. The van der Waals surface area contributed by atoms with Crippen molar-refractivity contribution in [2.75, 3.05) is 7.11 Å². The van der Waals surface area contributed by atoms with Crippen LogP contribution in [0, 0.1) is 0 Å². The lowest BCUT2D eigenvalue weighted by atomic mass is 10.2. The van der Waals surface area contributed by atoms with Crippen molar-refractivity contribution in [3.05, 3.63) is 63.5 Å². The van der Waals surface area contributed by atoms with Gasteiger partial charge in [0, 0.05) is 11.1 Å². The van der Waals surface area contributed by atoms with Crippen molar-refractivity contribution in [3.8, 4) is 5.75 Å². The molecule has 0 atom stereocenters. The van der Waals surface area contributed by atoms with Crippen LogP contribution >= 0.6 is 11.6 Å². The van der Waals surface area contributed by atoms with Crippen molar-refractivity contribution in [3.63, 3.8) is 0 Å². The molecule has 3 aromatic rings. The van der Waals surface area contributed by atoms with Gasteiger partial charge in [-0.3, -0.25) is 4.57 Å². The third kappa shape index (κ3) is 2.30. The molecule has 3 rings (SSSR count). The first kappa shape index (κ1) is 12.8. The molecule has 1 N–H and O–H groups in total. The van der Waals surface area contributed by atoms with Crippen LogP contribution in [-0.4, -0.2) is 16.7 Å². The summed E-state index contributed by atoms with van der Waals surface area (Å²) >= 11 is 5.86. The molecule has 0 aliphatic carbocycles. The average Bonchev–Trinajstić information content (AvgIpc) is 2.76. The van der Waals surface area contributed by atoms with E-state index in [0.717, 1.165) is 22.3 Å². The number of aromatic nitrogens is 2. The summed E-state index contributed by atoms with van der Waals surface area (Å²) < 4.78 is 6.85. The predicted octanol–water partition coefficient (Wildman–Crippen LogP) is 3.04. The summed E-state index contributed by atoms with van der Waals surface area (Å²) in [4.78, 5) is 14.9. The Morgan fingerprint density at radius 3 is 2.65 bits per heavy atom. The number of nitrogens with one attached hydrogen (secondary N) is 1. The van der Waals surface area contributed by atoms with Crippen LogP contribution in [0.2, 0.25) is 5.02 Å². The maximum Gasteiger partial charge on any atom is 0.326 e. The summed E-state index contributed by atoms with van der Waals surface area (Å²) in [7, 11) is 1.60. The van der Waals surface area contributed by atoms with Gasteiger partial charge in [-0.15, -0.1) is 0 Å². The van der Waals surface area contributed by atoms with Gasteiger partial charge in [-0.05, 0) is 29.8 Å². The van der Waals surface area contributed by atoms with Crippen molar-refractivity contribution >= 4 is 22.6 Å². The fourth-order valence-corrected chi connectivity index (χ4v) is 2.33. The van der Waals surface area contributed by atoms with E-state index in [4.69, 9.17) is 16.3 Å². The van der Waals surface area contributed by atoms with Crippen molar-refractivity contribution < 1.29 is 4.74 Å². The molecule has 0 amide bonds. The summed E-state index contributed by atoms with van der Waals surface area (Å²) in [6, 6.07) is 13.0. The molecule has 0 bridgehead atoms. The second kappa shape index (κ2) is 5.06. The standard InChI is InChI=1S/C15H13ClN2O2/c1-20-12-6-7-14-13(8-12)17-15(19)18(14)9-10-2-4-11(16)5-3-10/h2-8H,9H2,1H3,(H,17,19). The normalized spacial score (nSPS) is 10.9. The molecule has 2 aromatic carbocycles. The summed E-state index contributed by atoms with van der Waals surface area (Å²) in [6.07, 6.45) is 0. The highest BCUT2D eigenvalue weighted by atomic mass is 35.5. The molecule has 102 valence electrons. The molecule has 0 fully saturated rings. The number of nitrogens with zero attached hydrogens (tertiary/aromatic N) is 1. The highest BCUT2D eigenvalue weighted by molar-refractivity contribution is 6.30. The van der Waals surface area contributed by atoms with Gasteiger partial charge in [-0.1, -0.05) is 23.7 Å². The fourth-order valence-electron chi connectivity index (χ4n) is 2.20. The van der Waals surface area contributed by atoms with E-state index < -0.39 is 0 Å². The van der Waals surface area contributed by atoms with E-state index in [-0.39, 0.29) is 5.69 Å². The minimum atomic E-state index is -0.136. The zero-order chi connectivity index (χ0) is 14.1. The number of rotatable bonds is 3. The van der Waals surface area contributed by atoms with Crippen LogP contribution in [0.3, 0.4) is 0 Å². The Labute approximate surface area is 120 Å². The predicted molar refractivity (Wildman–Crippen MR) is 79.7 cm³/mol. The maximum atomic E-state index is 12.1. The van der Waals surface area contributed by atoms with Crippen LogP contribution in [0.1, 0.15) is 5.56 Å². The Morgan fingerprint density at radius 2 is 1.95 bits per heavy atom. The monoisotopic (exact) mass is 288 g/mol. The van der Waals surface area contributed by atoms with Crippen LogP contribution in [0.4, 0.5) is 0 Å². The number of aromatic amines is 1. The van der Waals surface area contributed by atoms with Gasteiger partial charge in [0.25, 0.3) is 0 Å². The summed E-state index contributed by atoms with van der Waals surface area (Å²) in [5.74, 6) is 0.720. The van der Waals surface area contributed by atoms with Gasteiger partial charge in [-0.2, -0.15) is 0 Å². The number of hydrogen-bond donors (Lipinski definition) is 1. The first-order valence-corrected chi connectivity index (χ1v) is 6.56. The molecular formula is C15H13ClN2O2. The Bertz CT molecular complexity index is 803. The zero-order valence-electron chi connectivity index (χ0n) is 10.9. The van der Waals surface area contributed by atoms with Gasteiger partial charge in [0.05, 0.1) is 24.7 Å². The van der Waals surface area contributed by atoms with Gasteiger partial charge in [0.2, 0.25) is 0 Å². The molecule has 0 saturated heterocycles. The van der Waals surface area contributed by atoms with Crippen LogP contribution in [0.25, 0.3) is 11.0 Å². The first-order chi connectivity index (χ1) is 9.67. The molecule has 20 heavy (non-hydrogen) atoms. The van der Waals surface area contributed by atoms with E-state index in [1.165, 1.54) is 0 Å². The van der Waals surface area contributed by atoms with Gasteiger partial charge < -0.3 is 9.72 Å². The maximum absolute atomic E-state index is 12.1. The second-order valence-corrected chi connectivity index (χ2v) is 4.96. The van der Waals surface area contributed by atoms with Crippen molar-refractivity contribution in [2.45, 2.75) is 6.54 Å². The van der Waals surface area contributed by atoms with Crippen LogP contribution in [0.5, 0.6) is 5.75 Å². The average molecular weight is 289 g/mol. The quantitative estimate of drug-likeness (QED) is 0.805. The minimum Gasteiger partial charge on any atom is -0.497 e. The minimum absolute atomic E-state index is 0.136. The summed E-state index contributed by atoms with van der Waals surface area (Å²) in [5.41, 5.74) is 2.51. The van der Waals surface area contributed by atoms with E-state index >= 15 is 0 Å². The highest BCUT2D eigenvalue weighted by Crippen LogP contribution is 2.19. The Hall–Kier alpha value is -2.20. The number of halogens is 1. The molecular weight excluding hydrogens is 276 g/mol. The van der Waals surface area contributed by atoms with E-state index in [0.29, 0.717) is 11.6 Å². The van der Waals surface area contributed by atoms with Crippen LogP contribution < -0.4 is 10.4 Å². The smallest absolute Gasteiger partial charge is 0.326 e. The van der Waals surface area contributed by atoms with Crippen molar-refractivity contribution in [1.82, 2.24) is 9.55 Å². The van der Waals surface area contributed by atoms with Gasteiger partial charge in [0.15, 0.2) is 0 Å². The molecule has 0 aliphatic heterocycles. The fraction of sp³-hybridized carbons (Fsp3) is 0.133. The number of ether oxygens (including phenoxy) is 1. The second-order valence-electron chi connectivity index (χ2n) is 4.53. The number of H-pyrrole nitrogens is 1. The van der Waals surface area contributed by atoms with E-state index in [2.05, 4.69) is 4.98 Å². The molecule has 0 spiro atoms. The Kier molecular flexibility index (Phi) is 3.24. The lowest BCUT2D eigenvalue weighted by Gasteiger charge is -2.04. The van der Waals surface area contributed by atoms with Crippen molar-refractivity contribution in [1.29, 1.82) is 0 Å². The molecule has 0 unspecified atom stereocenters. The lowest BCUT2D eigenvalue weighted by molar-refractivity contribution is 0.415.